The Balaban J connectivity index is 2.21. The molecule has 0 aliphatic heterocycles. The highest BCUT2D eigenvalue weighted by Gasteiger charge is 2.07. The fraction of sp³-hybridized carbons (Fsp3) is 0.231. The van der Waals surface area contributed by atoms with Gasteiger partial charge in [-0.1, -0.05) is 22.9 Å². The summed E-state index contributed by atoms with van der Waals surface area (Å²) in [5, 5.41) is 3.15. The standard InChI is InChI=1S/C13H14Br2N4O/c1-2-5-17-11-7-12(19-13(16)18-11)20-10-4-3-8(14)6-9(10)15/h3-4,6-7H,2,5H2,1H3,(H3,16,17,18,19). The molecule has 0 radical (unpaired) electrons. The minimum atomic E-state index is 0.175. The molecule has 0 aliphatic rings. The van der Waals surface area contributed by atoms with Gasteiger partial charge in [-0.3, -0.25) is 0 Å². The lowest BCUT2D eigenvalue weighted by Gasteiger charge is -2.10. The second kappa shape index (κ2) is 6.90. The van der Waals surface area contributed by atoms with E-state index < -0.39 is 0 Å². The van der Waals surface area contributed by atoms with Gasteiger partial charge in [-0.2, -0.15) is 9.97 Å². The number of anilines is 2. The van der Waals surface area contributed by atoms with Crippen LogP contribution in [0.1, 0.15) is 13.3 Å². The Bertz CT molecular complexity index is 607. The van der Waals surface area contributed by atoms with Crippen molar-refractivity contribution < 1.29 is 4.74 Å². The summed E-state index contributed by atoms with van der Waals surface area (Å²) in [5.41, 5.74) is 5.69. The Labute approximate surface area is 134 Å². The van der Waals surface area contributed by atoms with E-state index >= 15 is 0 Å². The van der Waals surface area contributed by atoms with Gasteiger partial charge in [-0.25, -0.2) is 0 Å². The largest absolute Gasteiger partial charge is 0.438 e. The van der Waals surface area contributed by atoms with E-state index in [1.165, 1.54) is 0 Å². The normalized spacial score (nSPS) is 10.3. The van der Waals surface area contributed by atoms with Gasteiger partial charge in [0.1, 0.15) is 11.6 Å². The molecule has 1 heterocycles. The molecule has 0 unspecified atom stereocenters. The second-order valence-corrected chi connectivity index (χ2v) is 5.82. The van der Waals surface area contributed by atoms with E-state index in [2.05, 4.69) is 54.1 Å². The SMILES string of the molecule is CCCNc1cc(Oc2ccc(Br)cc2Br)nc(N)n1. The summed E-state index contributed by atoms with van der Waals surface area (Å²) < 4.78 is 7.52. The minimum absolute atomic E-state index is 0.175. The quantitative estimate of drug-likeness (QED) is 0.785. The van der Waals surface area contributed by atoms with Gasteiger partial charge < -0.3 is 15.8 Å². The number of hydrogen-bond donors (Lipinski definition) is 2. The van der Waals surface area contributed by atoms with Gasteiger partial charge in [0, 0.05) is 17.1 Å². The Morgan fingerprint density at radius 3 is 2.75 bits per heavy atom. The zero-order chi connectivity index (χ0) is 14.5. The molecule has 2 aromatic rings. The van der Waals surface area contributed by atoms with Crippen LogP contribution < -0.4 is 15.8 Å². The maximum atomic E-state index is 5.73. The molecular formula is C13H14Br2N4O. The first kappa shape index (κ1) is 15.1. The van der Waals surface area contributed by atoms with Crippen molar-refractivity contribution in [3.63, 3.8) is 0 Å². The summed E-state index contributed by atoms with van der Waals surface area (Å²) in [6.07, 6.45) is 0.998. The monoisotopic (exact) mass is 400 g/mol. The number of halogens is 2. The van der Waals surface area contributed by atoms with Crippen molar-refractivity contribution in [2.24, 2.45) is 0 Å². The molecule has 7 heteroatoms. The first-order chi connectivity index (χ1) is 9.58. The molecule has 1 aromatic heterocycles. The highest BCUT2D eigenvalue weighted by atomic mass is 79.9. The van der Waals surface area contributed by atoms with Crippen LogP contribution >= 0.6 is 31.9 Å². The van der Waals surface area contributed by atoms with E-state index in [-0.39, 0.29) is 5.95 Å². The smallest absolute Gasteiger partial charge is 0.226 e. The predicted octanol–water partition coefficient (Wildman–Crippen LogP) is 4.20. The number of ether oxygens (including phenoxy) is 1. The summed E-state index contributed by atoms with van der Waals surface area (Å²) in [6.45, 7) is 2.89. The molecule has 106 valence electrons. The fourth-order valence-electron chi connectivity index (χ4n) is 1.51. The van der Waals surface area contributed by atoms with Crippen molar-refractivity contribution in [1.29, 1.82) is 0 Å². The van der Waals surface area contributed by atoms with E-state index in [4.69, 9.17) is 10.5 Å². The molecule has 5 nitrogen and oxygen atoms in total. The molecule has 3 N–H and O–H groups in total. The van der Waals surface area contributed by atoms with Crippen molar-refractivity contribution in [3.05, 3.63) is 33.2 Å². The molecule has 1 aromatic carbocycles. The summed E-state index contributed by atoms with van der Waals surface area (Å²) in [6, 6.07) is 7.35. The Hall–Kier alpha value is -1.34. The minimum Gasteiger partial charge on any atom is -0.438 e. The third kappa shape index (κ3) is 4.08. The topological polar surface area (TPSA) is 73.1 Å². The van der Waals surface area contributed by atoms with Crippen LogP contribution in [0.5, 0.6) is 11.6 Å². The lowest BCUT2D eigenvalue weighted by atomic mass is 10.3. The number of rotatable bonds is 5. The van der Waals surface area contributed by atoms with Gasteiger partial charge in [0.25, 0.3) is 0 Å². The average Bonchev–Trinajstić information content (AvgIpc) is 2.39. The first-order valence-electron chi connectivity index (χ1n) is 6.10. The highest BCUT2D eigenvalue weighted by molar-refractivity contribution is 9.11. The Morgan fingerprint density at radius 1 is 1.25 bits per heavy atom. The van der Waals surface area contributed by atoms with Gasteiger partial charge in [0.05, 0.1) is 4.47 Å². The van der Waals surface area contributed by atoms with Crippen LogP contribution in [-0.2, 0) is 0 Å². The molecule has 0 saturated heterocycles. The van der Waals surface area contributed by atoms with Crippen LogP contribution in [0.25, 0.3) is 0 Å². The Kier molecular flexibility index (Phi) is 5.19. The van der Waals surface area contributed by atoms with Crippen molar-refractivity contribution in [1.82, 2.24) is 9.97 Å². The number of nitrogen functional groups attached to an aromatic ring is 1. The lowest BCUT2D eigenvalue weighted by molar-refractivity contribution is 0.460. The molecule has 0 atom stereocenters. The molecule has 2 rings (SSSR count). The zero-order valence-electron chi connectivity index (χ0n) is 10.9. The van der Waals surface area contributed by atoms with E-state index in [0.717, 1.165) is 21.9 Å². The van der Waals surface area contributed by atoms with Crippen molar-refractivity contribution >= 4 is 43.6 Å². The first-order valence-corrected chi connectivity index (χ1v) is 7.68. The van der Waals surface area contributed by atoms with Crippen LogP contribution in [0.2, 0.25) is 0 Å². The van der Waals surface area contributed by atoms with Gasteiger partial charge in [-0.15, -0.1) is 0 Å². The number of aromatic nitrogens is 2. The molecule has 20 heavy (non-hydrogen) atoms. The number of hydrogen-bond acceptors (Lipinski definition) is 5. The molecule has 0 bridgehead atoms. The zero-order valence-corrected chi connectivity index (χ0v) is 14.0. The van der Waals surface area contributed by atoms with Crippen LogP contribution in [0.4, 0.5) is 11.8 Å². The van der Waals surface area contributed by atoms with Gasteiger partial charge in [-0.05, 0) is 40.5 Å². The highest BCUT2D eigenvalue weighted by Crippen LogP contribution is 2.32. The van der Waals surface area contributed by atoms with E-state index in [1.807, 2.05) is 18.2 Å². The second-order valence-electron chi connectivity index (χ2n) is 4.05. The molecule has 0 aliphatic carbocycles. The molecule has 0 fully saturated rings. The number of benzene rings is 1. The summed E-state index contributed by atoms with van der Waals surface area (Å²) >= 11 is 6.83. The van der Waals surface area contributed by atoms with Crippen LogP contribution in [0.15, 0.2) is 33.2 Å². The maximum Gasteiger partial charge on any atom is 0.226 e. The van der Waals surface area contributed by atoms with Crippen LogP contribution in [0, 0.1) is 0 Å². The van der Waals surface area contributed by atoms with Crippen molar-refractivity contribution in [2.45, 2.75) is 13.3 Å². The Morgan fingerprint density at radius 2 is 2.05 bits per heavy atom. The molecule has 0 amide bonds. The van der Waals surface area contributed by atoms with Crippen LogP contribution in [0.3, 0.4) is 0 Å². The van der Waals surface area contributed by atoms with Crippen molar-refractivity contribution in [2.75, 3.05) is 17.6 Å². The third-order valence-electron chi connectivity index (χ3n) is 2.38. The van der Waals surface area contributed by atoms with E-state index in [9.17, 15) is 0 Å². The van der Waals surface area contributed by atoms with Gasteiger partial charge >= 0.3 is 0 Å². The van der Waals surface area contributed by atoms with Crippen molar-refractivity contribution in [3.8, 4) is 11.6 Å². The summed E-state index contributed by atoms with van der Waals surface area (Å²) in [4.78, 5) is 8.18. The lowest BCUT2D eigenvalue weighted by Crippen LogP contribution is -2.05. The molecule has 0 saturated carbocycles. The van der Waals surface area contributed by atoms with Gasteiger partial charge in [0.2, 0.25) is 11.8 Å². The van der Waals surface area contributed by atoms with E-state index in [1.54, 1.807) is 6.07 Å². The maximum absolute atomic E-state index is 5.73. The molecule has 0 spiro atoms. The summed E-state index contributed by atoms with van der Waals surface area (Å²) in [5.74, 6) is 1.89. The fourth-order valence-corrected chi connectivity index (χ4v) is 2.64. The number of nitrogens with zero attached hydrogens (tertiary/aromatic N) is 2. The van der Waals surface area contributed by atoms with Gasteiger partial charge in [0.15, 0.2) is 0 Å². The van der Waals surface area contributed by atoms with E-state index in [0.29, 0.717) is 17.4 Å². The third-order valence-corrected chi connectivity index (χ3v) is 3.50. The predicted molar refractivity (Wildman–Crippen MR) is 87.1 cm³/mol. The van der Waals surface area contributed by atoms with Crippen LogP contribution in [-0.4, -0.2) is 16.5 Å². The number of nitrogens with two attached hydrogens (primary N) is 1. The average molecular weight is 402 g/mol. The summed E-state index contributed by atoms with van der Waals surface area (Å²) in [7, 11) is 0. The molecular weight excluding hydrogens is 388 g/mol. The number of nitrogens with one attached hydrogen (secondary N) is 1.